The van der Waals surface area contributed by atoms with Gasteiger partial charge in [-0.25, -0.2) is 5.01 Å². The molecule has 0 aliphatic carbocycles. The fourth-order valence-electron chi connectivity index (χ4n) is 1.77. The van der Waals surface area contributed by atoms with Crippen LogP contribution in [0.5, 0.6) is 5.88 Å². The lowest BCUT2D eigenvalue weighted by Crippen LogP contribution is -2.59. The average Bonchev–Trinajstić information content (AvgIpc) is 2.29. The van der Waals surface area contributed by atoms with E-state index < -0.39 is 10.4 Å². The molecule has 1 aromatic rings. The summed E-state index contributed by atoms with van der Waals surface area (Å²) in [6, 6.07) is 1.39. The van der Waals surface area contributed by atoms with E-state index in [0.29, 0.717) is 0 Å². The summed E-state index contributed by atoms with van der Waals surface area (Å²) >= 11 is 0. The van der Waals surface area contributed by atoms with Crippen LogP contribution in [-0.2, 0) is 10.4 Å². The zero-order valence-electron chi connectivity index (χ0n) is 9.19. The van der Waals surface area contributed by atoms with Crippen LogP contribution in [0.3, 0.4) is 0 Å². The Morgan fingerprint density at radius 2 is 2.06 bits per heavy atom. The van der Waals surface area contributed by atoms with Crippen molar-refractivity contribution in [2.24, 2.45) is 0 Å². The molecule has 0 amide bonds. The maximum absolute atomic E-state index is 10.5. The second kappa shape index (κ2) is 4.84. The molecule has 1 aliphatic heterocycles. The van der Waals surface area contributed by atoms with Crippen molar-refractivity contribution in [1.29, 1.82) is 0 Å². The third-order valence-electron chi connectivity index (χ3n) is 2.52. The van der Waals surface area contributed by atoms with E-state index in [2.05, 4.69) is 14.2 Å². The Labute approximate surface area is 99.6 Å². The van der Waals surface area contributed by atoms with Gasteiger partial charge in [0.25, 0.3) is 0 Å². The van der Waals surface area contributed by atoms with Gasteiger partial charge in [-0.3, -0.25) is 4.55 Å². The standard InChI is InChI=1S/C9H13N3O4S/c13-17(14,15)16-9-4-7-12(8-10-9)11-5-2-1-3-6-11/h4,7-8H,1-3,5-6H2/p+1. The van der Waals surface area contributed by atoms with Crippen molar-refractivity contribution in [1.82, 2.24) is 4.98 Å². The highest BCUT2D eigenvalue weighted by Crippen LogP contribution is 2.06. The third kappa shape index (κ3) is 3.53. The maximum Gasteiger partial charge on any atom is 0.449 e. The molecule has 1 aliphatic rings. The fourth-order valence-corrected chi connectivity index (χ4v) is 2.08. The molecular formula is C9H14N3O4S+. The smallest absolute Gasteiger partial charge is 0.318 e. The van der Waals surface area contributed by atoms with Crippen LogP contribution in [0, 0.1) is 0 Å². The second-order valence-electron chi connectivity index (χ2n) is 3.80. The fraction of sp³-hybridized carbons (Fsp3) is 0.556. The largest absolute Gasteiger partial charge is 0.449 e. The van der Waals surface area contributed by atoms with Crippen LogP contribution in [0.2, 0.25) is 0 Å². The van der Waals surface area contributed by atoms with Gasteiger partial charge in [0.2, 0.25) is 0 Å². The van der Waals surface area contributed by atoms with E-state index in [9.17, 15) is 8.42 Å². The summed E-state index contributed by atoms with van der Waals surface area (Å²) in [7, 11) is -4.50. The van der Waals surface area contributed by atoms with E-state index in [1.54, 1.807) is 10.9 Å². The lowest BCUT2D eigenvalue weighted by Gasteiger charge is -2.24. The van der Waals surface area contributed by atoms with Crippen molar-refractivity contribution in [3.63, 3.8) is 0 Å². The van der Waals surface area contributed by atoms with Crippen molar-refractivity contribution in [3.05, 3.63) is 18.6 Å². The molecule has 94 valence electrons. The molecule has 1 saturated heterocycles. The zero-order chi connectivity index (χ0) is 12.3. The summed E-state index contributed by atoms with van der Waals surface area (Å²) in [6.07, 6.45) is 6.62. The maximum atomic E-state index is 10.5. The molecule has 1 fully saturated rings. The number of hydrogen-bond donors (Lipinski definition) is 1. The number of hydrogen-bond acceptors (Lipinski definition) is 5. The molecule has 1 N–H and O–H groups in total. The van der Waals surface area contributed by atoms with Crippen LogP contribution in [0.15, 0.2) is 18.6 Å². The Morgan fingerprint density at radius 3 is 2.59 bits per heavy atom. The summed E-state index contributed by atoms with van der Waals surface area (Å²) < 4.78 is 35.4. The SMILES string of the molecule is O=S(=O)(O)Oc1cc[n+](N2CCCCC2)cn1. The van der Waals surface area contributed by atoms with Crippen LogP contribution >= 0.6 is 0 Å². The highest BCUT2D eigenvalue weighted by atomic mass is 32.3. The Kier molecular flexibility index (Phi) is 3.43. The van der Waals surface area contributed by atoms with Crippen LogP contribution in [0.4, 0.5) is 0 Å². The third-order valence-corrected chi connectivity index (χ3v) is 2.90. The first-order chi connectivity index (χ1) is 8.04. The minimum absolute atomic E-state index is 0.152. The van der Waals surface area contributed by atoms with Crippen LogP contribution in [-0.4, -0.2) is 31.0 Å². The van der Waals surface area contributed by atoms with Gasteiger partial charge in [0, 0.05) is 0 Å². The summed E-state index contributed by atoms with van der Waals surface area (Å²) in [4.78, 5) is 3.80. The van der Waals surface area contributed by atoms with E-state index in [1.165, 1.54) is 18.8 Å². The average molecular weight is 260 g/mol. The quantitative estimate of drug-likeness (QED) is 0.592. The predicted molar refractivity (Wildman–Crippen MR) is 58.4 cm³/mol. The van der Waals surface area contributed by atoms with Gasteiger partial charge in [0.1, 0.15) is 6.20 Å². The Bertz CT molecular complexity index is 468. The van der Waals surface area contributed by atoms with Crippen molar-refractivity contribution in [3.8, 4) is 5.88 Å². The van der Waals surface area contributed by atoms with Crippen molar-refractivity contribution < 1.29 is 21.8 Å². The topological polar surface area (TPSA) is 83.6 Å². The first-order valence-corrected chi connectivity index (χ1v) is 6.70. The number of aromatic nitrogens is 2. The second-order valence-corrected chi connectivity index (χ2v) is 4.83. The molecular weight excluding hydrogens is 246 g/mol. The lowest BCUT2D eigenvalue weighted by atomic mass is 10.2. The Balaban J connectivity index is 2.07. The lowest BCUT2D eigenvalue weighted by molar-refractivity contribution is -0.697. The van der Waals surface area contributed by atoms with E-state index in [4.69, 9.17) is 4.55 Å². The Hall–Kier alpha value is -1.41. The normalized spacial score (nSPS) is 16.9. The monoisotopic (exact) mass is 260 g/mol. The summed E-state index contributed by atoms with van der Waals surface area (Å²) in [5.41, 5.74) is 0. The highest BCUT2D eigenvalue weighted by molar-refractivity contribution is 7.81. The molecule has 2 heterocycles. The number of rotatable bonds is 3. The molecule has 1 aromatic heterocycles. The molecule has 0 unspecified atom stereocenters. The van der Waals surface area contributed by atoms with Gasteiger partial charge in [-0.2, -0.15) is 8.42 Å². The van der Waals surface area contributed by atoms with E-state index >= 15 is 0 Å². The Morgan fingerprint density at radius 1 is 1.35 bits per heavy atom. The highest BCUT2D eigenvalue weighted by Gasteiger charge is 2.17. The molecule has 7 nitrogen and oxygen atoms in total. The minimum atomic E-state index is -4.50. The molecule has 17 heavy (non-hydrogen) atoms. The zero-order valence-corrected chi connectivity index (χ0v) is 10.0. The van der Waals surface area contributed by atoms with Gasteiger partial charge >= 0.3 is 22.6 Å². The molecule has 8 heteroatoms. The van der Waals surface area contributed by atoms with Gasteiger partial charge < -0.3 is 4.18 Å². The van der Waals surface area contributed by atoms with E-state index in [-0.39, 0.29) is 5.88 Å². The van der Waals surface area contributed by atoms with Crippen molar-refractivity contribution in [2.45, 2.75) is 19.3 Å². The predicted octanol–water partition coefficient (Wildman–Crippen LogP) is -0.327. The van der Waals surface area contributed by atoms with Gasteiger partial charge in [-0.15, -0.1) is 4.68 Å². The molecule has 0 atom stereocenters. The van der Waals surface area contributed by atoms with Crippen molar-refractivity contribution in [2.75, 3.05) is 18.1 Å². The molecule has 0 radical (unpaired) electrons. The molecule has 2 rings (SSSR count). The van der Waals surface area contributed by atoms with Crippen LogP contribution in [0.1, 0.15) is 19.3 Å². The molecule has 0 spiro atoms. The van der Waals surface area contributed by atoms with Gasteiger partial charge in [-0.1, -0.05) is 0 Å². The number of nitrogens with zero attached hydrogens (tertiary/aromatic N) is 3. The summed E-state index contributed by atoms with van der Waals surface area (Å²) in [5, 5.41) is 2.10. The van der Waals surface area contributed by atoms with E-state index in [1.807, 2.05) is 0 Å². The first kappa shape index (κ1) is 12.1. The summed E-state index contributed by atoms with van der Waals surface area (Å²) in [5.74, 6) is -0.152. The summed E-state index contributed by atoms with van der Waals surface area (Å²) in [6.45, 7) is 1.90. The van der Waals surface area contributed by atoms with E-state index in [0.717, 1.165) is 25.9 Å². The van der Waals surface area contributed by atoms with Gasteiger partial charge in [0.05, 0.1) is 19.2 Å². The molecule has 0 saturated carbocycles. The van der Waals surface area contributed by atoms with Gasteiger partial charge in [-0.05, 0) is 24.2 Å². The molecule has 0 bridgehead atoms. The van der Waals surface area contributed by atoms with Crippen molar-refractivity contribution >= 4 is 10.4 Å². The van der Waals surface area contributed by atoms with Crippen LogP contribution in [0.25, 0.3) is 0 Å². The van der Waals surface area contributed by atoms with Crippen LogP contribution < -0.4 is 13.9 Å². The first-order valence-electron chi connectivity index (χ1n) is 5.34. The van der Waals surface area contributed by atoms with Gasteiger partial charge in [0.15, 0.2) is 0 Å². The molecule has 0 aromatic carbocycles. The minimum Gasteiger partial charge on any atom is -0.318 e. The number of piperidine rings is 1.